The molecule has 1 aromatic carbocycles. The standard InChI is InChI=1S/C24H27N7O.2C2HF3O2/c1-15-13-31-22(16(2)25-15)12-21(28-31)23-26-20-6-5-18(11-19(20)24(32)27-23)30-9-7-29(8-10-30)14-17-3-4-17;2*3-2(4,5)1(6)7/h5-6,11-13,17H,3-4,7-10,14H2,1-2H3,(H,26,27,32);2*(H,6,7). The summed E-state index contributed by atoms with van der Waals surface area (Å²) >= 11 is 0. The molecule has 1 saturated heterocycles. The van der Waals surface area contributed by atoms with E-state index in [1.807, 2.05) is 38.2 Å². The first kappa shape index (κ1) is 34.1. The molecule has 0 unspecified atom stereocenters. The van der Waals surface area contributed by atoms with Crippen molar-refractivity contribution in [3.05, 3.63) is 52.2 Å². The van der Waals surface area contributed by atoms with Crippen molar-refractivity contribution in [1.82, 2.24) is 29.5 Å². The minimum absolute atomic E-state index is 0.137. The Morgan fingerprint density at radius 3 is 2.07 bits per heavy atom. The summed E-state index contributed by atoms with van der Waals surface area (Å²) in [6.07, 6.45) is -5.50. The summed E-state index contributed by atoms with van der Waals surface area (Å²) in [6, 6.07) is 7.92. The van der Waals surface area contributed by atoms with Gasteiger partial charge in [0.05, 0.1) is 34.0 Å². The molecule has 0 radical (unpaired) electrons. The van der Waals surface area contributed by atoms with Crippen LogP contribution in [0.3, 0.4) is 0 Å². The third-order valence-corrected chi connectivity index (χ3v) is 7.13. The number of carboxylic acid groups (broad SMARTS) is 2. The van der Waals surface area contributed by atoms with Gasteiger partial charge in [0.1, 0.15) is 5.69 Å². The lowest BCUT2D eigenvalue weighted by atomic mass is 10.1. The smallest absolute Gasteiger partial charge is 0.475 e. The van der Waals surface area contributed by atoms with Gasteiger partial charge in [0, 0.05) is 38.4 Å². The summed E-state index contributed by atoms with van der Waals surface area (Å²) in [5.41, 5.74) is 4.97. The minimum Gasteiger partial charge on any atom is -0.475 e. The maximum Gasteiger partial charge on any atom is 0.490 e. The Bertz CT molecular complexity index is 1770. The highest BCUT2D eigenvalue weighted by Crippen LogP contribution is 2.30. The number of fused-ring (bicyclic) bond motifs is 2. The van der Waals surface area contributed by atoms with Crippen LogP contribution in [0.2, 0.25) is 0 Å². The van der Waals surface area contributed by atoms with Crippen molar-refractivity contribution in [2.24, 2.45) is 5.92 Å². The largest absolute Gasteiger partial charge is 0.490 e. The van der Waals surface area contributed by atoms with E-state index in [0.717, 1.165) is 54.7 Å². The van der Waals surface area contributed by atoms with E-state index in [9.17, 15) is 31.1 Å². The number of alkyl halides is 6. The molecule has 18 heteroatoms. The highest BCUT2D eigenvalue weighted by molar-refractivity contribution is 5.83. The second kappa shape index (κ2) is 13.3. The van der Waals surface area contributed by atoms with Crippen LogP contribution in [0.1, 0.15) is 24.2 Å². The Kier molecular flexibility index (Phi) is 9.88. The molecule has 248 valence electrons. The maximum absolute atomic E-state index is 13.0. The normalized spacial score (nSPS) is 15.6. The third kappa shape index (κ3) is 8.70. The molecule has 1 aliphatic heterocycles. The number of rotatable bonds is 4. The van der Waals surface area contributed by atoms with Crippen LogP contribution in [0.15, 0.2) is 35.3 Å². The molecule has 0 atom stereocenters. The van der Waals surface area contributed by atoms with Gasteiger partial charge in [0.25, 0.3) is 5.56 Å². The van der Waals surface area contributed by atoms with Gasteiger partial charge in [-0.2, -0.15) is 31.4 Å². The zero-order valence-corrected chi connectivity index (χ0v) is 24.5. The van der Waals surface area contributed by atoms with Crippen LogP contribution in [0.25, 0.3) is 27.9 Å². The van der Waals surface area contributed by atoms with Gasteiger partial charge in [-0.15, -0.1) is 0 Å². The predicted octanol–water partition coefficient (Wildman–Crippen LogP) is 4.05. The Hall–Kier alpha value is -4.74. The summed E-state index contributed by atoms with van der Waals surface area (Å²) in [5, 5.41) is 19.5. The van der Waals surface area contributed by atoms with Crippen molar-refractivity contribution in [2.75, 3.05) is 37.6 Å². The number of nitrogens with zero attached hydrogens (tertiary/aromatic N) is 6. The molecule has 1 saturated carbocycles. The fourth-order valence-corrected chi connectivity index (χ4v) is 4.71. The van der Waals surface area contributed by atoms with E-state index in [2.05, 4.69) is 30.9 Å². The van der Waals surface area contributed by atoms with Crippen molar-refractivity contribution in [1.29, 1.82) is 0 Å². The van der Waals surface area contributed by atoms with Gasteiger partial charge < -0.3 is 20.1 Å². The number of aromatic amines is 1. The number of carbonyl (C=O) groups is 2. The first-order valence-electron chi connectivity index (χ1n) is 13.9. The van der Waals surface area contributed by atoms with Gasteiger partial charge in [-0.05, 0) is 56.9 Å². The van der Waals surface area contributed by atoms with E-state index in [1.165, 1.54) is 19.4 Å². The summed E-state index contributed by atoms with van der Waals surface area (Å²) in [5.74, 6) is -4.11. The first-order chi connectivity index (χ1) is 21.4. The molecule has 12 nitrogen and oxygen atoms in total. The number of benzene rings is 1. The zero-order chi connectivity index (χ0) is 34.0. The molecule has 0 spiro atoms. The number of aryl methyl sites for hydroxylation is 2. The number of piperazine rings is 1. The van der Waals surface area contributed by atoms with E-state index in [1.54, 1.807) is 4.52 Å². The van der Waals surface area contributed by atoms with Crippen LogP contribution in [0.4, 0.5) is 32.0 Å². The van der Waals surface area contributed by atoms with Gasteiger partial charge in [-0.1, -0.05) is 0 Å². The molecule has 0 amide bonds. The van der Waals surface area contributed by atoms with Crippen LogP contribution < -0.4 is 10.5 Å². The molecule has 6 rings (SSSR count). The van der Waals surface area contributed by atoms with Gasteiger partial charge in [-0.25, -0.2) is 19.1 Å². The lowest BCUT2D eigenvalue weighted by Gasteiger charge is -2.36. The van der Waals surface area contributed by atoms with Gasteiger partial charge in [-0.3, -0.25) is 14.7 Å². The fourth-order valence-electron chi connectivity index (χ4n) is 4.71. The van der Waals surface area contributed by atoms with Gasteiger partial charge in [0.15, 0.2) is 5.82 Å². The van der Waals surface area contributed by atoms with Gasteiger partial charge >= 0.3 is 24.3 Å². The van der Waals surface area contributed by atoms with Crippen LogP contribution in [0.5, 0.6) is 0 Å². The Balaban J connectivity index is 0.000000289. The topological polar surface area (TPSA) is 157 Å². The summed E-state index contributed by atoms with van der Waals surface area (Å²) < 4.78 is 65.3. The van der Waals surface area contributed by atoms with E-state index >= 15 is 0 Å². The molecule has 3 aromatic heterocycles. The molecule has 46 heavy (non-hydrogen) atoms. The van der Waals surface area contributed by atoms with E-state index in [0.29, 0.717) is 22.4 Å². The zero-order valence-electron chi connectivity index (χ0n) is 24.5. The molecule has 4 aromatic rings. The van der Waals surface area contributed by atoms with E-state index < -0.39 is 24.3 Å². The lowest BCUT2D eigenvalue weighted by Crippen LogP contribution is -2.47. The SMILES string of the molecule is Cc1cn2nc(-c3nc4ccc(N5CCN(CC6CC6)CC5)cc4c(=O)[nH]3)cc2c(C)n1.O=C(O)C(F)(F)F.O=C(O)C(F)(F)F. The fraction of sp³-hybridized carbons (Fsp3) is 0.429. The quantitative estimate of drug-likeness (QED) is 0.274. The second-order valence-corrected chi connectivity index (χ2v) is 10.8. The molecule has 3 N–H and O–H groups in total. The Morgan fingerprint density at radius 2 is 1.52 bits per heavy atom. The number of hydrogen-bond donors (Lipinski definition) is 3. The van der Waals surface area contributed by atoms with Crippen LogP contribution in [-0.4, -0.2) is 96.7 Å². The second-order valence-electron chi connectivity index (χ2n) is 10.8. The lowest BCUT2D eigenvalue weighted by molar-refractivity contribution is -0.193. The molecular weight excluding hydrogens is 628 g/mol. The third-order valence-electron chi connectivity index (χ3n) is 7.13. The number of anilines is 1. The van der Waals surface area contributed by atoms with Crippen LogP contribution in [-0.2, 0) is 9.59 Å². The number of carboxylic acids is 2. The number of aromatic nitrogens is 5. The number of halogens is 6. The van der Waals surface area contributed by atoms with Crippen molar-refractivity contribution >= 4 is 34.0 Å². The van der Waals surface area contributed by atoms with E-state index in [4.69, 9.17) is 24.8 Å². The van der Waals surface area contributed by atoms with Crippen molar-refractivity contribution in [2.45, 2.75) is 39.0 Å². The minimum atomic E-state index is -5.08. The van der Waals surface area contributed by atoms with E-state index in [-0.39, 0.29) is 5.56 Å². The van der Waals surface area contributed by atoms with Crippen LogP contribution in [0, 0.1) is 19.8 Å². The Morgan fingerprint density at radius 1 is 0.935 bits per heavy atom. The Labute approximate surface area is 256 Å². The predicted molar refractivity (Wildman–Crippen MR) is 153 cm³/mol. The van der Waals surface area contributed by atoms with Gasteiger partial charge in [0.2, 0.25) is 0 Å². The molecule has 1 aliphatic carbocycles. The van der Waals surface area contributed by atoms with Crippen molar-refractivity contribution in [3.8, 4) is 11.5 Å². The number of H-pyrrole nitrogens is 1. The molecule has 2 fully saturated rings. The monoisotopic (exact) mass is 657 g/mol. The molecule has 0 bridgehead atoms. The number of hydrogen-bond acceptors (Lipinski definition) is 8. The summed E-state index contributed by atoms with van der Waals surface area (Å²) in [6.45, 7) is 9.31. The summed E-state index contributed by atoms with van der Waals surface area (Å²) in [7, 11) is 0. The molecule has 4 heterocycles. The average molecular weight is 658 g/mol. The summed E-state index contributed by atoms with van der Waals surface area (Å²) in [4.78, 5) is 47.8. The van der Waals surface area contributed by atoms with Crippen LogP contribution >= 0.6 is 0 Å². The first-order valence-corrected chi connectivity index (χ1v) is 13.9. The maximum atomic E-state index is 13.0. The van der Waals surface area contributed by atoms with Crippen molar-refractivity contribution in [3.63, 3.8) is 0 Å². The highest BCUT2D eigenvalue weighted by atomic mass is 19.4. The molecule has 2 aliphatic rings. The molecular formula is C28H29F6N7O5. The van der Waals surface area contributed by atoms with Crippen molar-refractivity contribution < 1.29 is 46.1 Å². The number of nitrogens with one attached hydrogen (secondary N) is 1. The highest BCUT2D eigenvalue weighted by Gasteiger charge is 2.39. The average Bonchev–Trinajstić information content (AvgIpc) is 3.67. The number of aliphatic carboxylic acids is 2.